The summed E-state index contributed by atoms with van der Waals surface area (Å²) in [6, 6.07) is 7.91. The fraction of sp³-hybridized carbons (Fsp3) is 0.452. The molecule has 2 aromatic carbocycles. The second-order valence-corrected chi connectivity index (χ2v) is 24.3. The number of methoxy groups -OCH3 is 2. The van der Waals surface area contributed by atoms with Crippen molar-refractivity contribution in [2.45, 2.75) is 77.5 Å². The lowest BCUT2D eigenvalue weighted by Crippen LogP contribution is -2.43. The fourth-order valence-corrected chi connectivity index (χ4v) is 9.87. The van der Waals surface area contributed by atoms with Crippen molar-refractivity contribution < 1.29 is 18.7 Å². The van der Waals surface area contributed by atoms with E-state index in [9.17, 15) is 4.79 Å². The molecule has 1 heterocycles. The molecule has 1 aliphatic carbocycles. The third-order valence-corrected chi connectivity index (χ3v) is 17.9. The number of allylic oxidation sites excluding steroid dienone is 1. The van der Waals surface area contributed by atoms with E-state index in [1.165, 1.54) is 10.1 Å². The van der Waals surface area contributed by atoms with Crippen LogP contribution in [0, 0.1) is 0 Å². The van der Waals surface area contributed by atoms with Gasteiger partial charge in [0.15, 0.2) is 8.32 Å². The van der Waals surface area contributed by atoms with E-state index in [0.29, 0.717) is 12.2 Å². The molecule has 0 fully saturated rings. The highest BCUT2D eigenvalue weighted by Crippen LogP contribution is 2.49. The van der Waals surface area contributed by atoms with Crippen molar-refractivity contribution >= 4 is 48.8 Å². The molecule has 0 bridgehead atoms. The number of carbonyl (C=O) groups is 1. The lowest BCUT2D eigenvalue weighted by molar-refractivity contribution is 0.103. The third-order valence-electron chi connectivity index (χ3n) is 8.52. The first-order valence-electron chi connectivity index (χ1n) is 13.2. The number of ether oxygens (including phenoxy) is 2. The number of benzene rings is 2. The molecule has 0 aliphatic heterocycles. The quantitative estimate of drug-likeness (QED) is 0.215. The van der Waals surface area contributed by atoms with Crippen molar-refractivity contribution in [2.75, 3.05) is 14.2 Å². The van der Waals surface area contributed by atoms with Crippen molar-refractivity contribution in [3.05, 3.63) is 64.1 Å². The number of fused-ring (bicyclic) bond motifs is 3. The van der Waals surface area contributed by atoms with Crippen molar-refractivity contribution in [1.29, 1.82) is 0 Å². The van der Waals surface area contributed by atoms with Crippen LogP contribution in [-0.2, 0) is 16.4 Å². The van der Waals surface area contributed by atoms with Crippen LogP contribution in [0.2, 0.25) is 37.8 Å². The van der Waals surface area contributed by atoms with Gasteiger partial charge in [-0.25, -0.2) is 0 Å². The molecule has 0 unspecified atom stereocenters. The summed E-state index contributed by atoms with van der Waals surface area (Å²) >= 11 is 1.68. The molecule has 3 aromatic rings. The predicted molar refractivity (Wildman–Crippen MR) is 166 cm³/mol. The van der Waals surface area contributed by atoms with E-state index in [1.807, 2.05) is 24.3 Å². The molecule has 4 nitrogen and oxygen atoms in total. The summed E-state index contributed by atoms with van der Waals surface area (Å²) in [6.07, 6.45) is 2.01. The molecule has 0 radical (unpaired) electrons. The summed E-state index contributed by atoms with van der Waals surface area (Å²) in [5.74, 6) is 1.55. The van der Waals surface area contributed by atoms with Gasteiger partial charge in [0.1, 0.15) is 11.5 Å². The zero-order valence-electron chi connectivity index (χ0n) is 24.8. The van der Waals surface area contributed by atoms with Gasteiger partial charge in [-0.3, -0.25) is 4.79 Å². The van der Waals surface area contributed by atoms with Gasteiger partial charge in [0, 0.05) is 21.8 Å². The predicted octanol–water partition coefficient (Wildman–Crippen LogP) is 8.02. The minimum Gasteiger partial charge on any atom is -0.496 e. The molecular formula is C31H42O4SSi2. The maximum atomic E-state index is 14.2. The Morgan fingerprint density at radius 3 is 2.03 bits per heavy atom. The Morgan fingerprint density at radius 2 is 1.55 bits per heavy atom. The Balaban J connectivity index is 2.03. The van der Waals surface area contributed by atoms with E-state index in [0.717, 1.165) is 38.3 Å². The number of thiophene rings is 1. The molecule has 0 saturated heterocycles. The van der Waals surface area contributed by atoms with Gasteiger partial charge in [0.05, 0.1) is 33.8 Å². The molecule has 1 atom stereocenters. The molecule has 0 N–H and O–H groups in total. The average Bonchev–Trinajstić information content (AvgIpc) is 3.25. The first-order chi connectivity index (χ1) is 17.5. The van der Waals surface area contributed by atoms with E-state index in [2.05, 4.69) is 73.1 Å². The highest BCUT2D eigenvalue weighted by atomic mass is 32.1. The maximum absolute atomic E-state index is 14.2. The van der Waals surface area contributed by atoms with Crippen LogP contribution in [0.5, 0.6) is 11.5 Å². The van der Waals surface area contributed by atoms with Crippen LogP contribution < -0.4 is 14.0 Å². The first kappa shape index (κ1) is 28.8. The number of ketones is 1. The summed E-state index contributed by atoms with van der Waals surface area (Å²) in [5.41, 5.74) is 3.39. The lowest BCUT2D eigenvalue weighted by Gasteiger charge is -2.38. The molecule has 0 spiro atoms. The van der Waals surface area contributed by atoms with Gasteiger partial charge < -0.3 is 13.9 Å². The largest absolute Gasteiger partial charge is 0.496 e. The summed E-state index contributed by atoms with van der Waals surface area (Å²) < 4.78 is 19.6. The van der Waals surface area contributed by atoms with E-state index in [-0.39, 0.29) is 10.8 Å². The van der Waals surface area contributed by atoms with Gasteiger partial charge in [-0.15, -0.1) is 17.9 Å². The van der Waals surface area contributed by atoms with Gasteiger partial charge in [-0.1, -0.05) is 46.5 Å². The molecule has 38 heavy (non-hydrogen) atoms. The number of carbonyl (C=O) groups excluding carboxylic acids is 1. The second-order valence-electron chi connectivity index (χ2n) is 13.1. The highest BCUT2D eigenvalue weighted by molar-refractivity contribution is 7.28. The van der Waals surface area contributed by atoms with Crippen LogP contribution in [-0.4, -0.2) is 36.4 Å². The monoisotopic (exact) mass is 566 g/mol. The average molecular weight is 567 g/mol. The summed E-state index contributed by atoms with van der Waals surface area (Å²) in [6.45, 7) is 25.5. The van der Waals surface area contributed by atoms with Gasteiger partial charge in [0.2, 0.25) is 5.78 Å². The molecule has 1 aromatic heterocycles. The number of hydrogen-bond acceptors (Lipinski definition) is 5. The number of hydrogen-bond donors (Lipinski definition) is 0. The fourth-order valence-electron chi connectivity index (χ4n) is 5.17. The molecule has 0 saturated carbocycles. The highest BCUT2D eigenvalue weighted by Gasteiger charge is 2.45. The smallest absolute Gasteiger partial charge is 0.203 e. The van der Waals surface area contributed by atoms with Gasteiger partial charge in [-0.2, -0.15) is 0 Å². The normalized spacial score (nSPS) is 17.8. The molecule has 204 valence electrons. The van der Waals surface area contributed by atoms with Gasteiger partial charge >= 0.3 is 0 Å². The van der Waals surface area contributed by atoms with Crippen LogP contribution >= 0.6 is 11.3 Å². The van der Waals surface area contributed by atoms with Crippen LogP contribution in [0.15, 0.2) is 36.9 Å². The Hall–Kier alpha value is -2.20. The SMILES string of the molecule is C=C[C@]1(C)c2cc3c(OC)ccc(OC)c3cc2C(=O)c2sc([Si](C)(C)C)c(CO[Si](C)(C)C(C)(C)C)c21. The molecule has 1 aliphatic rings. The minimum atomic E-state index is -2.01. The topological polar surface area (TPSA) is 44.8 Å². The van der Waals surface area contributed by atoms with E-state index >= 15 is 0 Å². The second kappa shape index (κ2) is 9.47. The zero-order chi connectivity index (χ0) is 28.4. The third kappa shape index (κ3) is 4.41. The van der Waals surface area contributed by atoms with Gasteiger partial charge in [0.25, 0.3) is 0 Å². The Labute approximate surface area is 234 Å². The first-order valence-corrected chi connectivity index (χ1v) is 20.4. The van der Waals surface area contributed by atoms with E-state index < -0.39 is 21.8 Å². The Bertz CT molecular complexity index is 1440. The van der Waals surface area contributed by atoms with Crippen molar-refractivity contribution in [2.24, 2.45) is 0 Å². The van der Waals surface area contributed by atoms with Crippen LogP contribution in [0.4, 0.5) is 0 Å². The standard InChI is InChI=1S/C31H42O4SSi2/c1-13-31(5)23-17-20-19(24(33-6)14-15-25(20)34-7)16-21(23)27(32)28-26(31)22(29(36-28)37(8,9)10)18-35-38(11,12)30(2,3)4/h13-17H,1,18H2,2-12H3/t31-/m1/s1. The molecule has 7 heteroatoms. The van der Waals surface area contributed by atoms with E-state index in [4.69, 9.17) is 13.9 Å². The number of rotatable bonds is 7. The van der Waals surface area contributed by atoms with Crippen molar-refractivity contribution in [3.8, 4) is 11.5 Å². The minimum absolute atomic E-state index is 0.0733. The maximum Gasteiger partial charge on any atom is 0.203 e. The lowest BCUT2D eigenvalue weighted by atomic mass is 9.68. The van der Waals surface area contributed by atoms with E-state index in [1.54, 1.807) is 25.6 Å². The van der Waals surface area contributed by atoms with Crippen LogP contribution in [0.3, 0.4) is 0 Å². The van der Waals surface area contributed by atoms with Gasteiger partial charge in [-0.05, 0) is 70.5 Å². The Morgan fingerprint density at radius 1 is 1.00 bits per heavy atom. The molecule has 0 amide bonds. The summed E-state index contributed by atoms with van der Waals surface area (Å²) in [7, 11) is -0.479. The van der Waals surface area contributed by atoms with Crippen molar-refractivity contribution in [3.63, 3.8) is 0 Å². The van der Waals surface area contributed by atoms with Crippen LogP contribution in [0.1, 0.15) is 59.6 Å². The zero-order valence-corrected chi connectivity index (χ0v) is 27.7. The molecule has 4 rings (SSSR count). The summed E-state index contributed by atoms with van der Waals surface area (Å²) in [5, 5.41) is 1.90. The summed E-state index contributed by atoms with van der Waals surface area (Å²) in [4.78, 5) is 15.1. The van der Waals surface area contributed by atoms with Crippen molar-refractivity contribution in [1.82, 2.24) is 0 Å². The Kier molecular flexibility index (Phi) is 7.18. The van der Waals surface area contributed by atoms with Crippen LogP contribution in [0.25, 0.3) is 10.8 Å². The molecular weight excluding hydrogens is 525 g/mol.